The van der Waals surface area contributed by atoms with E-state index >= 15 is 0 Å². The number of hydrogen-bond donors (Lipinski definition) is 0. The highest BCUT2D eigenvalue weighted by atomic mass is 16.7. The van der Waals surface area contributed by atoms with E-state index in [4.69, 9.17) is 14.0 Å². The number of ether oxygens (including phenoxy) is 1. The average molecular weight is 276 g/mol. The van der Waals surface area contributed by atoms with Crippen LogP contribution in [0.4, 0.5) is 0 Å². The third kappa shape index (κ3) is 3.02. The zero-order valence-electron chi connectivity index (χ0n) is 13.2. The van der Waals surface area contributed by atoms with E-state index < -0.39 is 0 Å². The molecule has 0 radical (unpaired) electrons. The van der Waals surface area contributed by atoms with Gasteiger partial charge in [-0.1, -0.05) is 31.5 Å². The molecule has 1 saturated heterocycles. The number of unbranched alkanes of at least 4 members (excludes halogenated alkanes) is 1. The van der Waals surface area contributed by atoms with Gasteiger partial charge in [-0.2, -0.15) is 0 Å². The van der Waals surface area contributed by atoms with Crippen molar-refractivity contribution in [3.8, 4) is 5.75 Å². The van der Waals surface area contributed by atoms with Gasteiger partial charge in [-0.15, -0.1) is 0 Å². The zero-order chi connectivity index (χ0) is 14.8. The molecular weight excluding hydrogens is 251 g/mol. The van der Waals surface area contributed by atoms with Crippen molar-refractivity contribution in [1.29, 1.82) is 0 Å². The molecule has 1 aliphatic heterocycles. The van der Waals surface area contributed by atoms with Crippen molar-refractivity contribution >= 4 is 12.6 Å². The normalized spacial score (nSPS) is 20.1. The van der Waals surface area contributed by atoms with Gasteiger partial charge in [0.15, 0.2) is 0 Å². The first-order valence-corrected chi connectivity index (χ1v) is 7.45. The summed E-state index contributed by atoms with van der Waals surface area (Å²) in [4.78, 5) is 0. The van der Waals surface area contributed by atoms with Crippen LogP contribution in [0.25, 0.3) is 0 Å². The largest absolute Gasteiger partial charge is 0.498 e. The van der Waals surface area contributed by atoms with Gasteiger partial charge in [0, 0.05) is 5.46 Å². The molecule has 0 N–H and O–H groups in total. The molecule has 0 aliphatic carbocycles. The van der Waals surface area contributed by atoms with Gasteiger partial charge in [0.1, 0.15) is 5.75 Å². The first kappa shape index (κ1) is 15.4. The Hall–Kier alpha value is -0.995. The second-order valence-electron chi connectivity index (χ2n) is 6.33. The lowest BCUT2D eigenvalue weighted by Crippen LogP contribution is -2.41. The van der Waals surface area contributed by atoms with Gasteiger partial charge in [0.05, 0.1) is 17.8 Å². The maximum Gasteiger partial charge on any atom is 0.498 e. The Kier molecular flexibility index (Phi) is 4.45. The van der Waals surface area contributed by atoms with Crippen LogP contribution >= 0.6 is 0 Å². The van der Waals surface area contributed by atoms with Crippen LogP contribution in [0.15, 0.2) is 24.3 Å². The van der Waals surface area contributed by atoms with Gasteiger partial charge in [-0.3, -0.25) is 0 Å². The number of rotatable bonds is 5. The molecule has 3 nitrogen and oxygen atoms in total. The molecule has 1 aromatic rings. The second-order valence-corrected chi connectivity index (χ2v) is 6.33. The van der Waals surface area contributed by atoms with E-state index in [0.29, 0.717) is 0 Å². The molecule has 0 bridgehead atoms. The Morgan fingerprint density at radius 1 is 1.05 bits per heavy atom. The standard InChI is InChI=1S/C16H25BO3/c1-6-7-12-18-14-11-9-8-10-13(14)17-19-15(2,3)16(4,5)20-17/h8-11H,6-7,12H2,1-5H3. The van der Waals surface area contributed by atoms with E-state index in [2.05, 4.69) is 34.6 Å². The Bertz CT molecular complexity index is 441. The molecular formula is C16H25BO3. The highest BCUT2D eigenvalue weighted by Gasteiger charge is 2.52. The molecule has 1 aromatic carbocycles. The minimum absolute atomic E-state index is 0.325. The third-order valence-corrected chi connectivity index (χ3v) is 4.18. The van der Waals surface area contributed by atoms with Crippen LogP contribution < -0.4 is 10.2 Å². The van der Waals surface area contributed by atoms with Gasteiger partial charge in [-0.25, -0.2) is 0 Å². The lowest BCUT2D eigenvalue weighted by Gasteiger charge is -2.32. The van der Waals surface area contributed by atoms with E-state index in [9.17, 15) is 0 Å². The summed E-state index contributed by atoms with van der Waals surface area (Å²) in [5.41, 5.74) is 0.324. The summed E-state index contributed by atoms with van der Waals surface area (Å²) >= 11 is 0. The van der Waals surface area contributed by atoms with Gasteiger partial charge in [0.2, 0.25) is 0 Å². The van der Waals surface area contributed by atoms with Crippen LogP contribution in [0.5, 0.6) is 5.75 Å². The van der Waals surface area contributed by atoms with Crippen molar-refractivity contribution in [3.63, 3.8) is 0 Å². The summed E-state index contributed by atoms with van der Waals surface area (Å²) in [7, 11) is -0.363. The zero-order valence-corrected chi connectivity index (χ0v) is 13.2. The molecule has 0 spiro atoms. The summed E-state index contributed by atoms with van der Waals surface area (Å²) in [6, 6.07) is 7.97. The molecule has 2 rings (SSSR count). The third-order valence-electron chi connectivity index (χ3n) is 4.18. The molecule has 1 aliphatic rings. The fourth-order valence-electron chi connectivity index (χ4n) is 2.10. The summed E-state index contributed by atoms with van der Waals surface area (Å²) in [5.74, 6) is 0.861. The SMILES string of the molecule is CCCCOc1ccccc1B1OC(C)(C)C(C)(C)O1. The van der Waals surface area contributed by atoms with E-state index in [1.165, 1.54) is 0 Å². The molecule has 1 heterocycles. The molecule has 0 amide bonds. The van der Waals surface area contributed by atoms with E-state index in [-0.39, 0.29) is 18.3 Å². The van der Waals surface area contributed by atoms with Gasteiger partial charge < -0.3 is 14.0 Å². The van der Waals surface area contributed by atoms with E-state index in [1.54, 1.807) is 0 Å². The van der Waals surface area contributed by atoms with Crippen LogP contribution in [0.1, 0.15) is 47.5 Å². The topological polar surface area (TPSA) is 27.7 Å². The van der Waals surface area contributed by atoms with Crippen molar-refractivity contribution < 1.29 is 14.0 Å². The maximum absolute atomic E-state index is 6.09. The minimum atomic E-state index is -0.363. The van der Waals surface area contributed by atoms with Crippen LogP contribution in [0.3, 0.4) is 0 Å². The quantitative estimate of drug-likeness (QED) is 0.610. The highest BCUT2D eigenvalue weighted by Crippen LogP contribution is 2.37. The van der Waals surface area contributed by atoms with Crippen molar-refractivity contribution in [3.05, 3.63) is 24.3 Å². The van der Waals surface area contributed by atoms with Crippen molar-refractivity contribution in [2.45, 2.75) is 58.7 Å². The summed E-state index contributed by atoms with van der Waals surface area (Å²) in [6.07, 6.45) is 2.18. The molecule has 110 valence electrons. The monoisotopic (exact) mass is 276 g/mol. The Balaban J connectivity index is 2.17. The van der Waals surface area contributed by atoms with Gasteiger partial charge in [0.25, 0.3) is 0 Å². The lowest BCUT2D eigenvalue weighted by molar-refractivity contribution is 0.00578. The summed E-state index contributed by atoms with van der Waals surface area (Å²) in [6.45, 7) is 11.1. The van der Waals surface area contributed by atoms with Crippen molar-refractivity contribution in [2.24, 2.45) is 0 Å². The highest BCUT2D eigenvalue weighted by molar-refractivity contribution is 6.63. The Morgan fingerprint density at radius 2 is 1.65 bits per heavy atom. The molecule has 0 atom stereocenters. The predicted octanol–water partition coefficient (Wildman–Crippen LogP) is 3.16. The van der Waals surface area contributed by atoms with E-state index in [1.807, 2.05) is 24.3 Å². The number of para-hydroxylation sites is 1. The van der Waals surface area contributed by atoms with Crippen LogP contribution in [0, 0.1) is 0 Å². The molecule has 0 aromatic heterocycles. The number of hydrogen-bond acceptors (Lipinski definition) is 3. The van der Waals surface area contributed by atoms with Crippen molar-refractivity contribution in [1.82, 2.24) is 0 Å². The van der Waals surface area contributed by atoms with Crippen LogP contribution in [0.2, 0.25) is 0 Å². The summed E-state index contributed by atoms with van der Waals surface area (Å²) in [5, 5.41) is 0. The molecule has 4 heteroatoms. The van der Waals surface area contributed by atoms with E-state index in [0.717, 1.165) is 30.7 Å². The molecule has 20 heavy (non-hydrogen) atoms. The predicted molar refractivity (Wildman–Crippen MR) is 82.6 cm³/mol. The Labute approximate surface area is 122 Å². The van der Waals surface area contributed by atoms with Gasteiger partial charge >= 0.3 is 7.12 Å². The fraction of sp³-hybridized carbons (Fsp3) is 0.625. The summed E-state index contributed by atoms with van der Waals surface area (Å²) < 4.78 is 18.1. The lowest BCUT2D eigenvalue weighted by atomic mass is 9.78. The number of benzene rings is 1. The smallest absolute Gasteiger partial charge is 0.494 e. The second kappa shape index (κ2) is 5.78. The van der Waals surface area contributed by atoms with Crippen molar-refractivity contribution in [2.75, 3.05) is 6.61 Å². The molecule has 0 saturated carbocycles. The molecule has 1 fully saturated rings. The van der Waals surface area contributed by atoms with Gasteiger partial charge in [-0.05, 0) is 40.2 Å². The Morgan fingerprint density at radius 3 is 2.25 bits per heavy atom. The molecule has 0 unspecified atom stereocenters. The van der Waals surface area contributed by atoms with Crippen LogP contribution in [-0.2, 0) is 9.31 Å². The van der Waals surface area contributed by atoms with Crippen LogP contribution in [-0.4, -0.2) is 24.9 Å². The first-order chi connectivity index (χ1) is 9.37. The first-order valence-electron chi connectivity index (χ1n) is 7.45. The minimum Gasteiger partial charge on any atom is -0.494 e. The average Bonchev–Trinajstić information content (AvgIpc) is 2.59. The maximum atomic E-state index is 6.09. The fourth-order valence-corrected chi connectivity index (χ4v) is 2.10.